The molecule has 2 amide bonds. The highest BCUT2D eigenvalue weighted by Crippen LogP contribution is 2.27. The molecule has 7 heteroatoms. The number of aliphatic carboxylic acids is 1. The van der Waals surface area contributed by atoms with Gasteiger partial charge in [-0.15, -0.1) is 0 Å². The lowest BCUT2D eigenvalue weighted by molar-refractivity contribution is -0.143. The topological polar surface area (TPSA) is 98.7 Å². The van der Waals surface area contributed by atoms with Crippen LogP contribution in [0.5, 0.6) is 0 Å². The van der Waals surface area contributed by atoms with E-state index in [9.17, 15) is 14.4 Å². The Morgan fingerprint density at radius 2 is 2.20 bits per heavy atom. The summed E-state index contributed by atoms with van der Waals surface area (Å²) in [6.45, 7) is 1.47. The maximum absolute atomic E-state index is 12.7. The van der Waals surface area contributed by atoms with Gasteiger partial charge >= 0.3 is 5.97 Å². The average molecular weight is 356 g/mol. The van der Waals surface area contributed by atoms with Crippen LogP contribution in [0.1, 0.15) is 55.9 Å². The standard InChI is InChI=1S/C18H31N3O4/c1-13(11-17(23)24)20-16(22)12-21-10-2-3-15(18(21)25)5-4-14-6-8-19-9-7-14/h13-15,19H,2-12H2,1H3,(H,20,22)(H,23,24)/t13-,15+/m1/s1/i1D,11D,13D/t11?,13-,15+. The van der Waals surface area contributed by atoms with E-state index < -0.39 is 31.2 Å². The van der Waals surface area contributed by atoms with E-state index in [4.69, 9.17) is 9.22 Å². The molecule has 0 aromatic carbocycles. The molecule has 3 atom stereocenters. The second-order valence-corrected chi connectivity index (χ2v) is 6.93. The van der Waals surface area contributed by atoms with Crippen molar-refractivity contribution in [3.05, 3.63) is 0 Å². The third kappa shape index (κ3) is 6.65. The van der Waals surface area contributed by atoms with E-state index in [1.165, 1.54) is 4.90 Å². The summed E-state index contributed by atoms with van der Waals surface area (Å²) < 4.78 is 22.8. The van der Waals surface area contributed by atoms with Gasteiger partial charge in [0.2, 0.25) is 11.8 Å². The summed E-state index contributed by atoms with van der Waals surface area (Å²) in [5.41, 5.74) is 0. The van der Waals surface area contributed by atoms with Crippen LogP contribution in [0.25, 0.3) is 0 Å². The Morgan fingerprint density at radius 3 is 2.88 bits per heavy atom. The Kier molecular flexibility index (Phi) is 6.09. The molecule has 1 unspecified atom stereocenters. The molecular weight excluding hydrogens is 322 g/mol. The molecule has 0 radical (unpaired) electrons. The van der Waals surface area contributed by atoms with E-state index in [0.717, 1.165) is 51.6 Å². The normalized spacial score (nSPS) is 27.5. The molecule has 2 saturated heterocycles. The van der Waals surface area contributed by atoms with Crippen molar-refractivity contribution in [2.45, 2.75) is 57.8 Å². The van der Waals surface area contributed by atoms with Crippen LogP contribution in [0.4, 0.5) is 0 Å². The molecule has 0 bridgehead atoms. The largest absolute Gasteiger partial charge is 0.481 e. The summed E-state index contributed by atoms with van der Waals surface area (Å²) in [7, 11) is 0. The molecule has 0 aliphatic carbocycles. The lowest BCUT2D eigenvalue weighted by Crippen LogP contribution is -2.48. The van der Waals surface area contributed by atoms with Gasteiger partial charge in [-0.3, -0.25) is 14.4 Å². The minimum atomic E-state index is -2.24. The maximum atomic E-state index is 12.7. The van der Waals surface area contributed by atoms with Crippen molar-refractivity contribution in [1.82, 2.24) is 15.5 Å². The van der Waals surface area contributed by atoms with Crippen LogP contribution in [0.2, 0.25) is 0 Å². The number of nitrogens with zero attached hydrogens (tertiary/aromatic N) is 1. The Morgan fingerprint density at radius 1 is 1.44 bits per heavy atom. The first-order valence-electron chi connectivity index (χ1n) is 10.8. The van der Waals surface area contributed by atoms with Gasteiger partial charge in [-0.25, -0.2) is 0 Å². The van der Waals surface area contributed by atoms with Crippen molar-refractivity contribution < 1.29 is 23.6 Å². The van der Waals surface area contributed by atoms with Crippen molar-refractivity contribution >= 4 is 17.8 Å². The predicted molar refractivity (Wildman–Crippen MR) is 94.0 cm³/mol. The maximum Gasteiger partial charge on any atom is 0.305 e. The van der Waals surface area contributed by atoms with E-state index in [2.05, 4.69) is 10.6 Å². The van der Waals surface area contributed by atoms with Crippen LogP contribution in [-0.4, -0.2) is 60.0 Å². The first-order valence-corrected chi connectivity index (χ1v) is 9.01. The van der Waals surface area contributed by atoms with Crippen LogP contribution in [0.15, 0.2) is 0 Å². The van der Waals surface area contributed by atoms with Gasteiger partial charge in [-0.05, 0) is 64.4 Å². The smallest absolute Gasteiger partial charge is 0.305 e. The van der Waals surface area contributed by atoms with E-state index in [0.29, 0.717) is 12.5 Å². The highest BCUT2D eigenvalue weighted by atomic mass is 16.4. The fourth-order valence-electron chi connectivity index (χ4n) is 3.63. The van der Waals surface area contributed by atoms with Gasteiger partial charge in [0, 0.05) is 21.2 Å². The predicted octanol–water partition coefficient (Wildman–Crippen LogP) is 0.984. The lowest BCUT2D eigenvalue weighted by Gasteiger charge is -2.33. The number of hydrogen-bond donors (Lipinski definition) is 3. The molecule has 2 aliphatic rings. The number of hydrogen-bond acceptors (Lipinski definition) is 4. The average Bonchev–Trinajstić information content (AvgIpc) is 2.68. The van der Waals surface area contributed by atoms with E-state index >= 15 is 0 Å². The molecule has 2 rings (SSSR count). The van der Waals surface area contributed by atoms with Gasteiger partial charge in [-0.1, -0.05) is 0 Å². The lowest BCUT2D eigenvalue weighted by atomic mass is 9.86. The van der Waals surface area contributed by atoms with E-state index in [-0.39, 0.29) is 18.4 Å². The Labute approximate surface area is 153 Å². The third-order valence-corrected chi connectivity index (χ3v) is 4.96. The highest BCUT2D eigenvalue weighted by Gasteiger charge is 2.30. The summed E-state index contributed by atoms with van der Waals surface area (Å²) in [6.07, 6.45) is 3.72. The number of piperidine rings is 2. The molecular formula is C18H31N3O4. The minimum Gasteiger partial charge on any atom is -0.481 e. The van der Waals surface area contributed by atoms with Gasteiger partial charge < -0.3 is 20.6 Å². The van der Waals surface area contributed by atoms with E-state index in [1.807, 2.05) is 0 Å². The Balaban J connectivity index is 1.87. The van der Waals surface area contributed by atoms with Gasteiger partial charge in [-0.2, -0.15) is 0 Å². The molecule has 0 saturated carbocycles. The van der Waals surface area contributed by atoms with Gasteiger partial charge in [0.05, 0.1) is 14.3 Å². The molecule has 7 nitrogen and oxygen atoms in total. The summed E-state index contributed by atoms with van der Waals surface area (Å²) >= 11 is 0. The zero-order valence-electron chi connectivity index (χ0n) is 17.6. The van der Waals surface area contributed by atoms with Crippen molar-refractivity contribution in [2.75, 3.05) is 26.2 Å². The SMILES string of the molecule is [2H]C[C@@]([2H])(NC(=O)CN1CCC[C@@H](CCC2CCNCC2)C1=O)C([2H])C(=O)O. The molecule has 2 aliphatic heterocycles. The monoisotopic (exact) mass is 356 g/mol. The second kappa shape index (κ2) is 9.75. The number of carboxylic acid groups (broad SMARTS) is 1. The fourth-order valence-corrected chi connectivity index (χ4v) is 3.63. The molecule has 2 heterocycles. The highest BCUT2D eigenvalue weighted by molar-refractivity contribution is 5.86. The zero-order chi connectivity index (χ0) is 20.7. The number of carbonyl (C=O) groups is 3. The summed E-state index contributed by atoms with van der Waals surface area (Å²) in [5.74, 6) is -1.81. The minimum absolute atomic E-state index is 0.0718. The Bertz CT molecular complexity index is 574. The van der Waals surface area contributed by atoms with Gasteiger partial charge in [0.1, 0.15) is 0 Å². The number of nitrogens with one attached hydrogen (secondary N) is 2. The quantitative estimate of drug-likeness (QED) is 0.602. The number of likely N-dealkylation sites (tertiary alicyclic amines) is 1. The summed E-state index contributed by atoms with van der Waals surface area (Å²) in [5, 5.41) is 14.4. The molecule has 25 heavy (non-hydrogen) atoms. The van der Waals surface area contributed by atoms with Crippen molar-refractivity contribution in [3.63, 3.8) is 0 Å². The number of rotatable bonds is 8. The molecule has 3 N–H and O–H groups in total. The van der Waals surface area contributed by atoms with Crippen LogP contribution in [-0.2, 0) is 14.4 Å². The number of carboxylic acids is 1. The van der Waals surface area contributed by atoms with Crippen LogP contribution in [0, 0.1) is 11.8 Å². The molecule has 0 spiro atoms. The Hall–Kier alpha value is -1.63. The second-order valence-electron chi connectivity index (χ2n) is 6.93. The number of amides is 2. The van der Waals surface area contributed by atoms with Gasteiger partial charge in [0.25, 0.3) is 0 Å². The summed E-state index contributed by atoms with van der Waals surface area (Å²) in [4.78, 5) is 37.4. The van der Waals surface area contributed by atoms with E-state index in [1.54, 1.807) is 0 Å². The summed E-state index contributed by atoms with van der Waals surface area (Å²) in [6, 6.07) is -2.24. The van der Waals surface area contributed by atoms with Crippen molar-refractivity contribution in [1.29, 1.82) is 0 Å². The molecule has 0 aromatic heterocycles. The van der Waals surface area contributed by atoms with Crippen LogP contribution < -0.4 is 10.6 Å². The molecule has 2 fully saturated rings. The van der Waals surface area contributed by atoms with Crippen molar-refractivity contribution in [2.24, 2.45) is 11.8 Å². The molecule has 0 aromatic rings. The van der Waals surface area contributed by atoms with Gasteiger partial charge in [0.15, 0.2) is 0 Å². The zero-order valence-corrected chi connectivity index (χ0v) is 14.6. The van der Waals surface area contributed by atoms with Crippen LogP contribution >= 0.6 is 0 Å². The first-order chi connectivity index (χ1) is 13.3. The number of carbonyl (C=O) groups excluding carboxylic acids is 2. The first kappa shape index (κ1) is 15.6. The fraction of sp³-hybridized carbons (Fsp3) is 0.833. The van der Waals surface area contributed by atoms with Crippen molar-refractivity contribution in [3.8, 4) is 0 Å². The molecule has 142 valence electrons. The third-order valence-electron chi connectivity index (χ3n) is 4.96. The van der Waals surface area contributed by atoms with Crippen LogP contribution in [0.3, 0.4) is 0 Å².